The molecule has 2 rings (SSSR count). The largest absolute Gasteiger partial charge is 0.337 e. The Morgan fingerprint density at radius 1 is 1.45 bits per heavy atom. The molecule has 0 bridgehead atoms. The minimum atomic E-state index is -3.61. The number of sulfonamides is 1. The maximum Gasteiger partial charge on any atom is 0.254 e. The van der Waals surface area contributed by atoms with Crippen LogP contribution in [0.4, 0.5) is 0 Å². The topological polar surface area (TPSA) is 80.5 Å². The number of likely N-dealkylation sites (tertiary alicyclic amines) is 1. The molecule has 1 atom stereocenters. The quantitative estimate of drug-likeness (QED) is 0.898. The van der Waals surface area contributed by atoms with Crippen molar-refractivity contribution in [3.63, 3.8) is 0 Å². The summed E-state index contributed by atoms with van der Waals surface area (Å²) in [5, 5.41) is 5.02. The second kappa shape index (κ2) is 5.71. The lowest BCUT2D eigenvalue weighted by molar-refractivity contribution is 0.0726. The molecule has 1 fully saturated rings. The van der Waals surface area contributed by atoms with Gasteiger partial charge in [0.05, 0.1) is 5.25 Å². The fourth-order valence-corrected chi connectivity index (χ4v) is 3.46. The standard InChI is InChI=1S/C13H17ClN2O3S/c1-9-11(5-2-6-12(9)14)13(17)16-7-3-4-10(8-16)20(15,18)19/h2,5-6,10H,3-4,7-8H2,1H3,(H2,15,18,19). The maximum absolute atomic E-state index is 12.5. The van der Waals surface area contributed by atoms with Crippen LogP contribution in [0, 0.1) is 6.92 Å². The molecule has 0 aromatic heterocycles. The van der Waals surface area contributed by atoms with E-state index in [1.54, 1.807) is 25.1 Å². The van der Waals surface area contributed by atoms with Crippen molar-refractivity contribution in [2.24, 2.45) is 5.14 Å². The van der Waals surface area contributed by atoms with Crippen molar-refractivity contribution >= 4 is 27.5 Å². The van der Waals surface area contributed by atoms with Crippen LogP contribution in [-0.4, -0.2) is 37.6 Å². The highest BCUT2D eigenvalue weighted by molar-refractivity contribution is 7.89. The Morgan fingerprint density at radius 2 is 2.15 bits per heavy atom. The molecule has 1 amide bonds. The SMILES string of the molecule is Cc1c(Cl)cccc1C(=O)N1CCCC(S(N)(=O)=O)C1. The van der Waals surface area contributed by atoms with Gasteiger partial charge in [-0.25, -0.2) is 13.6 Å². The van der Waals surface area contributed by atoms with Gasteiger partial charge in [0.2, 0.25) is 10.0 Å². The molecular formula is C13H17ClN2O3S. The molecule has 0 aliphatic carbocycles. The van der Waals surface area contributed by atoms with Crippen LogP contribution in [-0.2, 0) is 10.0 Å². The summed E-state index contributed by atoms with van der Waals surface area (Å²) < 4.78 is 22.9. The number of carbonyl (C=O) groups excluding carboxylic acids is 1. The molecule has 1 aliphatic heterocycles. The first kappa shape index (κ1) is 15.3. The molecule has 20 heavy (non-hydrogen) atoms. The maximum atomic E-state index is 12.5. The second-order valence-electron chi connectivity index (χ2n) is 5.02. The molecule has 1 aliphatic rings. The molecule has 0 spiro atoms. The predicted molar refractivity (Wildman–Crippen MR) is 78.2 cm³/mol. The van der Waals surface area contributed by atoms with Gasteiger partial charge < -0.3 is 4.90 Å². The molecule has 5 nitrogen and oxygen atoms in total. The van der Waals surface area contributed by atoms with E-state index in [-0.39, 0.29) is 12.5 Å². The van der Waals surface area contributed by atoms with Crippen LogP contribution < -0.4 is 5.14 Å². The zero-order valence-corrected chi connectivity index (χ0v) is 12.7. The highest BCUT2D eigenvalue weighted by Gasteiger charge is 2.31. The zero-order chi connectivity index (χ0) is 14.9. The molecule has 1 aromatic carbocycles. The van der Waals surface area contributed by atoms with Crippen molar-refractivity contribution in [1.82, 2.24) is 4.90 Å². The Kier molecular flexibility index (Phi) is 4.36. The number of amides is 1. The monoisotopic (exact) mass is 316 g/mol. The van der Waals surface area contributed by atoms with Gasteiger partial charge in [0.1, 0.15) is 0 Å². The predicted octanol–water partition coefficient (Wildman–Crippen LogP) is 1.54. The number of benzene rings is 1. The van der Waals surface area contributed by atoms with Gasteiger partial charge in [-0.2, -0.15) is 0 Å². The minimum absolute atomic E-state index is 0.142. The molecule has 2 N–H and O–H groups in total. The van der Waals surface area contributed by atoms with E-state index >= 15 is 0 Å². The summed E-state index contributed by atoms with van der Waals surface area (Å²) in [5.41, 5.74) is 1.21. The number of hydrogen-bond donors (Lipinski definition) is 1. The molecule has 0 radical (unpaired) electrons. The molecule has 0 saturated carbocycles. The smallest absolute Gasteiger partial charge is 0.254 e. The molecular weight excluding hydrogens is 300 g/mol. The lowest BCUT2D eigenvalue weighted by Gasteiger charge is -2.32. The third-order valence-corrected chi connectivity index (χ3v) is 5.35. The van der Waals surface area contributed by atoms with E-state index in [0.717, 1.165) is 0 Å². The van der Waals surface area contributed by atoms with Gasteiger partial charge in [-0.05, 0) is 37.5 Å². The molecule has 7 heteroatoms. The van der Waals surface area contributed by atoms with Gasteiger partial charge in [-0.3, -0.25) is 4.79 Å². The van der Waals surface area contributed by atoms with E-state index < -0.39 is 15.3 Å². The van der Waals surface area contributed by atoms with Gasteiger partial charge in [0.15, 0.2) is 0 Å². The van der Waals surface area contributed by atoms with Crippen molar-refractivity contribution in [3.8, 4) is 0 Å². The Morgan fingerprint density at radius 3 is 2.80 bits per heavy atom. The number of piperidine rings is 1. The molecule has 1 heterocycles. The fraction of sp³-hybridized carbons (Fsp3) is 0.462. The van der Waals surface area contributed by atoms with Gasteiger partial charge in [0.25, 0.3) is 5.91 Å². The van der Waals surface area contributed by atoms with Crippen molar-refractivity contribution in [2.75, 3.05) is 13.1 Å². The summed E-state index contributed by atoms with van der Waals surface area (Å²) >= 11 is 6.01. The number of rotatable bonds is 2. The highest BCUT2D eigenvalue weighted by Crippen LogP contribution is 2.23. The first-order valence-electron chi connectivity index (χ1n) is 6.36. The minimum Gasteiger partial charge on any atom is -0.337 e. The molecule has 1 aromatic rings. The Bertz CT molecular complexity index is 631. The Balaban J connectivity index is 2.23. The van der Waals surface area contributed by atoms with Gasteiger partial charge in [-0.15, -0.1) is 0 Å². The number of nitrogens with two attached hydrogens (primary N) is 1. The Hall–Kier alpha value is -1.11. The van der Waals surface area contributed by atoms with Crippen molar-refractivity contribution < 1.29 is 13.2 Å². The summed E-state index contributed by atoms with van der Waals surface area (Å²) in [7, 11) is -3.61. The number of nitrogens with zero attached hydrogens (tertiary/aromatic N) is 1. The van der Waals surface area contributed by atoms with Crippen molar-refractivity contribution in [1.29, 1.82) is 0 Å². The fourth-order valence-electron chi connectivity index (χ4n) is 2.40. The van der Waals surface area contributed by atoms with Crippen LogP contribution in [0.15, 0.2) is 18.2 Å². The van der Waals surface area contributed by atoms with Crippen LogP contribution in [0.3, 0.4) is 0 Å². The van der Waals surface area contributed by atoms with Crippen LogP contribution in [0.25, 0.3) is 0 Å². The summed E-state index contributed by atoms with van der Waals surface area (Å²) in [6.45, 7) is 2.46. The summed E-state index contributed by atoms with van der Waals surface area (Å²) in [4.78, 5) is 14.0. The van der Waals surface area contributed by atoms with Gasteiger partial charge in [-0.1, -0.05) is 17.7 Å². The van der Waals surface area contributed by atoms with Gasteiger partial charge >= 0.3 is 0 Å². The molecule has 110 valence electrons. The third-order valence-electron chi connectivity index (χ3n) is 3.63. The van der Waals surface area contributed by atoms with E-state index in [9.17, 15) is 13.2 Å². The van der Waals surface area contributed by atoms with E-state index in [1.807, 2.05) is 0 Å². The molecule has 1 unspecified atom stereocenters. The van der Waals surface area contributed by atoms with Crippen LogP contribution in [0.1, 0.15) is 28.8 Å². The second-order valence-corrected chi connectivity index (χ2v) is 7.27. The average molecular weight is 317 g/mol. The first-order valence-corrected chi connectivity index (χ1v) is 8.35. The van der Waals surface area contributed by atoms with E-state index in [0.29, 0.717) is 35.5 Å². The van der Waals surface area contributed by atoms with Crippen LogP contribution in [0.2, 0.25) is 5.02 Å². The van der Waals surface area contributed by atoms with Crippen LogP contribution in [0.5, 0.6) is 0 Å². The molecule has 1 saturated heterocycles. The van der Waals surface area contributed by atoms with E-state index in [2.05, 4.69) is 0 Å². The van der Waals surface area contributed by atoms with E-state index in [4.69, 9.17) is 16.7 Å². The summed E-state index contributed by atoms with van der Waals surface area (Å²) in [6, 6.07) is 5.13. The summed E-state index contributed by atoms with van der Waals surface area (Å²) in [5.74, 6) is -0.196. The lowest BCUT2D eigenvalue weighted by atomic mass is 10.1. The first-order chi connectivity index (χ1) is 9.30. The lowest BCUT2D eigenvalue weighted by Crippen LogP contribution is -2.47. The summed E-state index contributed by atoms with van der Waals surface area (Å²) in [6.07, 6.45) is 1.13. The number of carbonyl (C=O) groups is 1. The third kappa shape index (κ3) is 3.13. The normalized spacial score (nSPS) is 19.9. The number of hydrogen-bond acceptors (Lipinski definition) is 3. The van der Waals surface area contributed by atoms with Crippen molar-refractivity contribution in [2.45, 2.75) is 25.0 Å². The van der Waals surface area contributed by atoms with Crippen molar-refractivity contribution in [3.05, 3.63) is 34.3 Å². The van der Waals surface area contributed by atoms with Gasteiger partial charge in [0, 0.05) is 23.7 Å². The highest BCUT2D eigenvalue weighted by atomic mass is 35.5. The average Bonchev–Trinajstić information content (AvgIpc) is 2.40. The van der Waals surface area contributed by atoms with Crippen LogP contribution >= 0.6 is 11.6 Å². The number of halogens is 1. The van der Waals surface area contributed by atoms with E-state index in [1.165, 1.54) is 4.90 Å². The zero-order valence-electron chi connectivity index (χ0n) is 11.2. The Labute approximate surface area is 123 Å². The number of primary sulfonamides is 1.